The summed E-state index contributed by atoms with van der Waals surface area (Å²) in [4.78, 5) is 13.7. The third-order valence-electron chi connectivity index (χ3n) is 2.59. The van der Waals surface area contributed by atoms with Crippen molar-refractivity contribution in [3.63, 3.8) is 0 Å². The molecule has 0 aliphatic carbocycles. The summed E-state index contributed by atoms with van der Waals surface area (Å²) in [6, 6.07) is 6.27. The molecule has 0 N–H and O–H groups in total. The van der Waals surface area contributed by atoms with Crippen LogP contribution < -0.4 is 4.74 Å². The number of hydrogen-bond acceptors (Lipinski definition) is 2. The van der Waals surface area contributed by atoms with Gasteiger partial charge in [0.25, 0.3) is 5.91 Å². The van der Waals surface area contributed by atoms with Crippen LogP contribution in [0.25, 0.3) is 0 Å². The Labute approximate surface area is 108 Å². The Hall–Kier alpha value is -1.58. The molecule has 1 aromatic rings. The largest absolute Gasteiger partial charge is 0.481 e. The molecule has 1 amide bonds. The summed E-state index contributed by atoms with van der Waals surface area (Å²) < 4.78 is 18.5. The number of rotatable bonds is 5. The molecular weight excluding hydrogens is 233 g/mol. The number of ether oxygens (including phenoxy) is 1. The van der Waals surface area contributed by atoms with E-state index in [2.05, 4.69) is 0 Å². The van der Waals surface area contributed by atoms with Gasteiger partial charge in [0.1, 0.15) is 0 Å². The molecule has 4 heteroatoms. The van der Waals surface area contributed by atoms with Crippen molar-refractivity contribution in [3.8, 4) is 5.75 Å². The van der Waals surface area contributed by atoms with Gasteiger partial charge in [-0.05, 0) is 39.8 Å². The van der Waals surface area contributed by atoms with E-state index in [1.54, 1.807) is 17.0 Å². The van der Waals surface area contributed by atoms with E-state index < -0.39 is 5.82 Å². The molecule has 100 valence electrons. The van der Waals surface area contributed by atoms with Gasteiger partial charge in [-0.3, -0.25) is 4.79 Å². The lowest BCUT2D eigenvalue weighted by molar-refractivity contribution is -0.137. The van der Waals surface area contributed by atoms with Gasteiger partial charge in [0.05, 0.1) is 0 Å². The first-order valence-corrected chi connectivity index (χ1v) is 6.12. The molecule has 0 saturated carbocycles. The lowest BCUT2D eigenvalue weighted by atomic mass is 10.2. The zero-order chi connectivity index (χ0) is 13.7. The Morgan fingerprint density at radius 2 is 1.78 bits per heavy atom. The van der Waals surface area contributed by atoms with Gasteiger partial charge in [0.15, 0.2) is 18.2 Å². The molecule has 0 aliphatic rings. The number of hydrogen-bond donors (Lipinski definition) is 0. The van der Waals surface area contributed by atoms with Crippen LogP contribution in [0.2, 0.25) is 0 Å². The number of carbonyl (C=O) groups excluding carboxylic acids is 1. The molecule has 0 unspecified atom stereocenters. The fourth-order valence-corrected chi connectivity index (χ4v) is 1.95. The predicted molar refractivity (Wildman–Crippen MR) is 69.0 cm³/mol. The first kappa shape index (κ1) is 14.5. The maximum atomic E-state index is 13.3. The fourth-order valence-electron chi connectivity index (χ4n) is 1.95. The molecule has 0 radical (unpaired) electrons. The van der Waals surface area contributed by atoms with Gasteiger partial charge < -0.3 is 9.64 Å². The second-order valence-electron chi connectivity index (χ2n) is 4.71. The Morgan fingerprint density at radius 1 is 1.22 bits per heavy atom. The Bertz CT molecular complexity index is 397. The Morgan fingerprint density at radius 3 is 2.28 bits per heavy atom. The van der Waals surface area contributed by atoms with E-state index in [-0.39, 0.29) is 30.3 Å². The minimum atomic E-state index is -0.453. The zero-order valence-electron chi connectivity index (χ0n) is 11.3. The van der Waals surface area contributed by atoms with Crippen LogP contribution in [0, 0.1) is 5.82 Å². The maximum Gasteiger partial charge on any atom is 0.260 e. The zero-order valence-corrected chi connectivity index (χ0v) is 11.3. The number of halogens is 1. The molecule has 0 fully saturated rings. The van der Waals surface area contributed by atoms with Crippen LogP contribution in [0.1, 0.15) is 27.7 Å². The van der Waals surface area contributed by atoms with E-state index in [4.69, 9.17) is 4.74 Å². The third kappa shape index (κ3) is 3.72. The molecule has 1 rings (SSSR count). The monoisotopic (exact) mass is 253 g/mol. The van der Waals surface area contributed by atoms with Crippen LogP contribution in [-0.4, -0.2) is 29.5 Å². The molecule has 0 atom stereocenters. The second-order valence-corrected chi connectivity index (χ2v) is 4.71. The summed E-state index contributed by atoms with van der Waals surface area (Å²) in [7, 11) is 0. The Balaban J connectivity index is 2.63. The van der Waals surface area contributed by atoms with Crippen LogP contribution >= 0.6 is 0 Å². The highest BCUT2D eigenvalue weighted by molar-refractivity contribution is 5.78. The minimum absolute atomic E-state index is 0.0988. The van der Waals surface area contributed by atoms with Gasteiger partial charge in [0, 0.05) is 12.1 Å². The molecule has 0 saturated heterocycles. The standard InChI is InChI=1S/C14H20FNO2/c1-10(2)16(11(3)4)14(17)9-18-13-8-6-5-7-12(13)15/h5-8,10-11H,9H2,1-4H3. The Kier molecular flexibility index (Phi) is 5.13. The van der Waals surface area contributed by atoms with Gasteiger partial charge in [-0.2, -0.15) is 0 Å². The second kappa shape index (κ2) is 6.38. The summed E-state index contributed by atoms with van der Waals surface area (Å²) >= 11 is 0. The quantitative estimate of drug-likeness (QED) is 0.807. The van der Waals surface area contributed by atoms with E-state index in [9.17, 15) is 9.18 Å². The SMILES string of the molecule is CC(C)N(C(=O)COc1ccccc1F)C(C)C. The molecule has 0 bridgehead atoms. The predicted octanol–water partition coefficient (Wildman–Crippen LogP) is 2.85. The van der Waals surface area contributed by atoms with Crippen molar-refractivity contribution in [3.05, 3.63) is 30.1 Å². The average molecular weight is 253 g/mol. The summed E-state index contributed by atoms with van der Waals surface area (Å²) in [6.45, 7) is 7.64. The number of benzene rings is 1. The van der Waals surface area contributed by atoms with Crippen molar-refractivity contribution >= 4 is 5.91 Å². The van der Waals surface area contributed by atoms with Crippen LogP contribution in [0.4, 0.5) is 4.39 Å². The van der Waals surface area contributed by atoms with Crippen molar-refractivity contribution in [2.75, 3.05) is 6.61 Å². The molecule has 1 aromatic carbocycles. The molecule has 0 spiro atoms. The van der Waals surface area contributed by atoms with Crippen molar-refractivity contribution in [2.24, 2.45) is 0 Å². The van der Waals surface area contributed by atoms with Gasteiger partial charge in [0.2, 0.25) is 0 Å². The van der Waals surface area contributed by atoms with E-state index in [0.29, 0.717) is 0 Å². The third-order valence-corrected chi connectivity index (χ3v) is 2.59. The van der Waals surface area contributed by atoms with Crippen molar-refractivity contribution < 1.29 is 13.9 Å². The minimum Gasteiger partial charge on any atom is -0.481 e. The van der Waals surface area contributed by atoms with Gasteiger partial charge in [-0.25, -0.2) is 4.39 Å². The lowest BCUT2D eigenvalue weighted by Crippen LogP contribution is -2.44. The van der Waals surface area contributed by atoms with Crippen LogP contribution in [0.3, 0.4) is 0 Å². The average Bonchev–Trinajstić information content (AvgIpc) is 2.27. The fraction of sp³-hybridized carbons (Fsp3) is 0.500. The van der Waals surface area contributed by atoms with E-state index in [1.165, 1.54) is 12.1 Å². The number of amides is 1. The highest BCUT2D eigenvalue weighted by Crippen LogP contribution is 2.15. The summed E-state index contributed by atoms with van der Waals surface area (Å²) in [5.41, 5.74) is 0. The van der Waals surface area contributed by atoms with Gasteiger partial charge in [-0.1, -0.05) is 12.1 Å². The maximum absolute atomic E-state index is 13.3. The van der Waals surface area contributed by atoms with Crippen molar-refractivity contribution in [1.29, 1.82) is 0 Å². The van der Waals surface area contributed by atoms with Crippen molar-refractivity contribution in [1.82, 2.24) is 4.90 Å². The van der Waals surface area contributed by atoms with Crippen LogP contribution in [0.15, 0.2) is 24.3 Å². The highest BCUT2D eigenvalue weighted by atomic mass is 19.1. The normalized spacial score (nSPS) is 10.8. The number of carbonyl (C=O) groups is 1. The highest BCUT2D eigenvalue weighted by Gasteiger charge is 2.20. The topological polar surface area (TPSA) is 29.5 Å². The van der Waals surface area contributed by atoms with E-state index in [1.807, 2.05) is 27.7 Å². The molecule has 18 heavy (non-hydrogen) atoms. The number of nitrogens with zero attached hydrogens (tertiary/aromatic N) is 1. The summed E-state index contributed by atoms with van der Waals surface area (Å²) in [5, 5.41) is 0. The number of para-hydroxylation sites is 1. The van der Waals surface area contributed by atoms with Crippen LogP contribution in [-0.2, 0) is 4.79 Å². The smallest absolute Gasteiger partial charge is 0.260 e. The van der Waals surface area contributed by atoms with Gasteiger partial charge >= 0.3 is 0 Å². The van der Waals surface area contributed by atoms with Crippen LogP contribution in [0.5, 0.6) is 5.75 Å². The first-order valence-electron chi connectivity index (χ1n) is 6.12. The molecule has 0 aliphatic heterocycles. The summed E-state index contributed by atoms with van der Waals surface area (Å²) in [5.74, 6) is -0.479. The lowest BCUT2D eigenvalue weighted by Gasteiger charge is -2.30. The summed E-state index contributed by atoms with van der Waals surface area (Å²) in [6.07, 6.45) is 0. The van der Waals surface area contributed by atoms with Gasteiger partial charge in [-0.15, -0.1) is 0 Å². The molecular formula is C14H20FNO2. The van der Waals surface area contributed by atoms with E-state index >= 15 is 0 Å². The molecule has 3 nitrogen and oxygen atoms in total. The first-order chi connectivity index (χ1) is 8.43. The molecule has 0 heterocycles. The van der Waals surface area contributed by atoms with Crippen molar-refractivity contribution in [2.45, 2.75) is 39.8 Å². The molecule has 0 aromatic heterocycles. The van der Waals surface area contributed by atoms with E-state index in [0.717, 1.165) is 0 Å².